The third-order valence-corrected chi connectivity index (χ3v) is 5.54. The molecule has 2 heterocycles. The van der Waals surface area contributed by atoms with Gasteiger partial charge in [-0.3, -0.25) is 4.79 Å². The van der Waals surface area contributed by atoms with Crippen molar-refractivity contribution >= 4 is 16.7 Å². The summed E-state index contributed by atoms with van der Waals surface area (Å²) in [6.07, 6.45) is 0. The van der Waals surface area contributed by atoms with Crippen LogP contribution in [0.3, 0.4) is 0 Å². The number of hydrogen-bond acceptors (Lipinski definition) is 5. The van der Waals surface area contributed by atoms with Crippen molar-refractivity contribution in [3.05, 3.63) is 87.2 Å². The first-order valence-electron chi connectivity index (χ1n) is 10.3. The number of aryl methyl sites for hydroxylation is 2. The van der Waals surface area contributed by atoms with Crippen molar-refractivity contribution in [3.8, 4) is 17.2 Å². The highest BCUT2D eigenvalue weighted by Gasteiger charge is 2.19. The average Bonchev–Trinajstić information content (AvgIpc) is 2.78. The fourth-order valence-electron chi connectivity index (χ4n) is 3.87. The van der Waals surface area contributed by atoms with Crippen LogP contribution in [-0.4, -0.2) is 12.1 Å². The van der Waals surface area contributed by atoms with Crippen molar-refractivity contribution in [2.75, 3.05) is 12.4 Å². The summed E-state index contributed by atoms with van der Waals surface area (Å²) in [4.78, 5) is 17.7. The van der Waals surface area contributed by atoms with Crippen LogP contribution in [0.5, 0.6) is 5.88 Å². The van der Waals surface area contributed by atoms with Crippen LogP contribution >= 0.6 is 0 Å². The predicted octanol–water partition coefficient (Wildman–Crippen LogP) is 5.96. The third kappa shape index (κ3) is 3.91. The zero-order valence-electron chi connectivity index (χ0n) is 18.4. The molecule has 2 aromatic carbocycles. The summed E-state index contributed by atoms with van der Waals surface area (Å²) in [5.41, 5.74) is 5.80. The van der Waals surface area contributed by atoms with Crippen LogP contribution in [0.25, 0.3) is 22.3 Å². The molecule has 0 spiro atoms. The number of fused-ring (bicyclic) bond motifs is 1. The minimum Gasteiger partial charge on any atom is -0.481 e. The van der Waals surface area contributed by atoms with Crippen molar-refractivity contribution in [2.24, 2.45) is 0 Å². The van der Waals surface area contributed by atoms with E-state index in [1.807, 2.05) is 69.3 Å². The molecule has 0 fully saturated rings. The lowest BCUT2D eigenvalue weighted by atomic mass is 9.98. The van der Waals surface area contributed by atoms with Gasteiger partial charge < -0.3 is 14.5 Å². The monoisotopic (exact) mass is 414 g/mol. The highest BCUT2D eigenvalue weighted by Crippen LogP contribution is 2.32. The van der Waals surface area contributed by atoms with E-state index in [-0.39, 0.29) is 11.5 Å². The molecule has 2 aromatic heterocycles. The van der Waals surface area contributed by atoms with E-state index >= 15 is 0 Å². The SMILES string of the molecule is COc1ccc(N[C@H](C)c2cc(C)cc3c(=O)c(C)c(-c4ccccc4)oc23)c(C)n1. The molecule has 5 nitrogen and oxygen atoms in total. The molecule has 31 heavy (non-hydrogen) atoms. The first-order chi connectivity index (χ1) is 14.9. The first-order valence-corrected chi connectivity index (χ1v) is 10.3. The van der Waals surface area contributed by atoms with E-state index in [0.29, 0.717) is 28.2 Å². The van der Waals surface area contributed by atoms with Crippen LogP contribution in [-0.2, 0) is 0 Å². The number of aromatic nitrogens is 1. The Hall–Kier alpha value is -3.60. The summed E-state index contributed by atoms with van der Waals surface area (Å²) < 4.78 is 11.6. The molecule has 4 aromatic rings. The molecule has 0 aliphatic carbocycles. The Bertz CT molecular complexity index is 1310. The van der Waals surface area contributed by atoms with Gasteiger partial charge in [-0.05, 0) is 45.4 Å². The summed E-state index contributed by atoms with van der Waals surface area (Å²) in [6.45, 7) is 7.81. The highest BCUT2D eigenvalue weighted by molar-refractivity contribution is 5.84. The fourth-order valence-corrected chi connectivity index (χ4v) is 3.87. The molecule has 0 saturated heterocycles. The summed E-state index contributed by atoms with van der Waals surface area (Å²) in [7, 11) is 1.60. The molecule has 0 unspecified atom stereocenters. The maximum absolute atomic E-state index is 13.2. The van der Waals surface area contributed by atoms with Gasteiger partial charge in [0.25, 0.3) is 0 Å². The Morgan fingerprint density at radius 1 is 1.03 bits per heavy atom. The molecule has 1 N–H and O–H groups in total. The smallest absolute Gasteiger partial charge is 0.213 e. The van der Waals surface area contributed by atoms with Crippen molar-refractivity contribution in [3.63, 3.8) is 0 Å². The quantitative estimate of drug-likeness (QED) is 0.436. The van der Waals surface area contributed by atoms with Gasteiger partial charge in [0.15, 0.2) is 5.43 Å². The molecule has 5 heteroatoms. The molecule has 0 radical (unpaired) electrons. The maximum Gasteiger partial charge on any atom is 0.213 e. The normalized spacial score (nSPS) is 12.0. The zero-order valence-corrected chi connectivity index (χ0v) is 18.4. The van der Waals surface area contributed by atoms with Gasteiger partial charge >= 0.3 is 0 Å². The van der Waals surface area contributed by atoms with Gasteiger partial charge in [-0.15, -0.1) is 0 Å². The molecule has 0 saturated carbocycles. The van der Waals surface area contributed by atoms with E-state index in [2.05, 4.69) is 23.3 Å². The lowest BCUT2D eigenvalue weighted by Crippen LogP contribution is -2.13. The number of anilines is 1. The molecule has 0 aliphatic rings. The van der Waals surface area contributed by atoms with Gasteiger partial charge in [0.05, 0.1) is 29.9 Å². The van der Waals surface area contributed by atoms with Gasteiger partial charge in [-0.25, -0.2) is 4.98 Å². The number of benzene rings is 2. The van der Waals surface area contributed by atoms with Crippen LogP contribution in [0, 0.1) is 20.8 Å². The van der Waals surface area contributed by atoms with E-state index in [9.17, 15) is 4.79 Å². The largest absolute Gasteiger partial charge is 0.481 e. The van der Waals surface area contributed by atoms with Crippen LogP contribution in [0.4, 0.5) is 5.69 Å². The molecule has 1 atom stereocenters. The fraction of sp³-hybridized carbons (Fsp3) is 0.231. The number of nitrogens with one attached hydrogen (secondary N) is 1. The summed E-state index contributed by atoms with van der Waals surface area (Å²) in [5.74, 6) is 1.18. The lowest BCUT2D eigenvalue weighted by molar-refractivity contribution is 0.397. The van der Waals surface area contributed by atoms with E-state index < -0.39 is 0 Å². The van der Waals surface area contributed by atoms with Gasteiger partial charge in [0.1, 0.15) is 11.3 Å². The number of methoxy groups -OCH3 is 1. The van der Waals surface area contributed by atoms with E-state index in [0.717, 1.165) is 28.1 Å². The molecular formula is C26H26N2O3. The van der Waals surface area contributed by atoms with Gasteiger partial charge in [0, 0.05) is 22.8 Å². The van der Waals surface area contributed by atoms with Gasteiger partial charge in [0.2, 0.25) is 5.88 Å². The molecular weight excluding hydrogens is 388 g/mol. The Labute approximate surface area is 181 Å². The number of rotatable bonds is 5. The Kier molecular flexibility index (Phi) is 5.51. The molecule has 0 bridgehead atoms. The molecule has 4 rings (SSSR count). The van der Waals surface area contributed by atoms with Crippen molar-refractivity contribution in [2.45, 2.75) is 33.7 Å². The minimum absolute atomic E-state index is 0.000419. The Morgan fingerprint density at radius 3 is 2.45 bits per heavy atom. The van der Waals surface area contributed by atoms with Crippen LogP contribution < -0.4 is 15.5 Å². The van der Waals surface area contributed by atoms with E-state index in [1.54, 1.807) is 7.11 Å². The third-order valence-electron chi connectivity index (χ3n) is 5.54. The highest BCUT2D eigenvalue weighted by atomic mass is 16.5. The Morgan fingerprint density at radius 2 is 1.77 bits per heavy atom. The van der Waals surface area contributed by atoms with Crippen molar-refractivity contribution in [1.82, 2.24) is 4.98 Å². The molecule has 158 valence electrons. The predicted molar refractivity (Wildman–Crippen MR) is 125 cm³/mol. The lowest BCUT2D eigenvalue weighted by Gasteiger charge is -2.20. The van der Waals surface area contributed by atoms with E-state index in [1.165, 1.54) is 0 Å². The van der Waals surface area contributed by atoms with Crippen LogP contribution in [0.15, 0.2) is 63.8 Å². The first kappa shape index (κ1) is 20.7. The van der Waals surface area contributed by atoms with Crippen LogP contribution in [0.1, 0.15) is 35.3 Å². The summed E-state index contributed by atoms with van der Waals surface area (Å²) in [5, 5.41) is 4.11. The Balaban J connectivity index is 1.85. The van der Waals surface area contributed by atoms with E-state index in [4.69, 9.17) is 9.15 Å². The van der Waals surface area contributed by atoms with Gasteiger partial charge in [-0.1, -0.05) is 36.4 Å². The number of hydrogen-bond donors (Lipinski definition) is 1. The molecule has 0 amide bonds. The van der Waals surface area contributed by atoms with Crippen molar-refractivity contribution in [1.29, 1.82) is 0 Å². The zero-order chi connectivity index (χ0) is 22.1. The average molecular weight is 415 g/mol. The number of ether oxygens (including phenoxy) is 1. The molecule has 0 aliphatic heterocycles. The number of nitrogens with zero attached hydrogens (tertiary/aromatic N) is 1. The summed E-state index contributed by atoms with van der Waals surface area (Å²) >= 11 is 0. The standard InChI is InChI=1S/C26H26N2O3/c1-15-13-20(17(3)27-22-11-12-23(30-5)28-18(22)4)26-21(14-15)24(29)16(2)25(31-26)19-9-7-6-8-10-19/h6-14,17,27H,1-5H3/t17-/m1/s1. The number of pyridine rings is 1. The second-order valence-corrected chi connectivity index (χ2v) is 7.83. The van der Waals surface area contributed by atoms with Crippen molar-refractivity contribution < 1.29 is 9.15 Å². The maximum atomic E-state index is 13.2. The van der Waals surface area contributed by atoms with Gasteiger partial charge in [-0.2, -0.15) is 0 Å². The summed E-state index contributed by atoms with van der Waals surface area (Å²) in [6, 6.07) is 17.4. The van der Waals surface area contributed by atoms with Crippen LogP contribution in [0.2, 0.25) is 0 Å². The second kappa shape index (κ2) is 8.26. The minimum atomic E-state index is -0.106. The topological polar surface area (TPSA) is 64.4 Å². The second-order valence-electron chi connectivity index (χ2n) is 7.83.